The lowest BCUT2D eigenvalue weighted by Crippen LogP contribution is -2.22. The number of benzene rings is 1. The highest BCUT2D eigenvalue weighted by Crippen LogP contribution is 2.36. The molecule has 0 amide bonds. The van der Waals surface area contributed by atoms with Crippen molar-refractivity contribution in [2.24, 2.45) is 0 Å². The quantitative estimate of drug-likeness (QED) is 0.279. The van der Waals surface area contributed by atoms with E-state index in [1.165, 1.54) is 6.07 Å². The molecule has 0 spiro atoms. The summed E-state index contributed by atoms with van der Waals surface area (Å²) in [5.41, 5.74) is 7.87. The van der Waals surface area contributed by atoms with Gasteiger partial charge < -0.3 is 19.8 Å². The first kappa shape index (κ1) is 21.3. The fraction of sp³-hybridized carbons (Fsp3) is 0.409. The molecule has 0 fully saturated rings. The molecule has 29 heavy (non-hydrogen) atoms. The zero-order valence-corrected chi connectivity index (χ0v) is 18.8. The fourth-order valence-electron chi connectivity index (χ4n) is 3.10. The molecule has 0 aliphatic rings. The van der Waals surface area contributed by atoms with Gasteiger partial charge in [-0.15, -0.1) is 0 Å². The van der Waals surface area contributed by atoms with Crippen molar-refractivity contribution < 1.29 is 13.9 Å². The maximum absolute atomic E-state index is 14.3. The van der Waals surface area contributed by atoms with Crippen LogP contribution >= 0.6 is 0 Å². The summed E-state index contributed by atoms with van der Waals surface area (Å²) in [4.78, 5) is 4.55. The average molecular weight is 416 g/mol. The highest BCUT2D eigenvalue weighted by Gasteiger charge is 2.19. The molecule has 2 N–H and O–H groups in total. The minimum atomic E-state index is -1.14. The van der Waals surface area contributed by atoms with Crippen molar-refractivity contribution in [2.45, 2.75) is 52.2 Å². The number of halogens is 1. The van der Waals surface area contributed by atoms with E-state index < -0.39 is 13.9 Å². The third-order valence-corrected chi connectivity index (χ3v) is 6.48. The standard InChI is InChI=1S/C22H30FN3O2Si/c1-15(2)17-13-26(14-27-10-11-29(3,4)5)22-21(17)20(8-9-25-22)28-19-7-6-16(24)12-18(19)23/h6-9,12-13,15H,10-11,14,24H2,1-5H3. The summed E-state index contributed by atoms with van der Waals surface area (Å²) in [6, 6.07) is 7.30. The summed E-state index contributed by atoms with van der Waals surface area (Å²) in [6.45, 7) is 12.4. The second-order valence-corrected chi connectivity index (χ2v) is 14.5. The van der Waals surface area contributed by atoms with E-state index in [-0.39, 0.29) is 11.7 Å². The maximum atomic E-state index is 14.3. The van der Waals surface area contributed by atoms with E-state index in [1.807, 2.05) is 4.57 Å². The van der Waals surface area contributed by atoms with E-state index in [0.717, 1.165) is 29.2 Å². The van der Waals surface area contributed by atoms with Crippen molar-refractivity contribution in [1.29, 1.82) is 0 Å². The maximum Gasteiger partial charge on any atom is 0.167 e. The normalized spacial score (nSPS) is 12.1. The smallest absolute Gasteiger partial charge is 0.167 e. The Balaban J connectivity index is 1.92. The molecule has 2 heterocycles. The molecule has 156 valence electrons. The first-order chi connectivity index (χ1) is 13.7. The van der Waals surface area contributed by atoms with Crippen LogP contribution in [-0.2, 0) is 11.5 Å². The minimum Gasteiger partial charge on any atom is -0.453 e. The van der Waals surface area contributed by atoms with E-state index >= 15 is 0 Å². The molecule has 0 aliphatic heterocycles. The molecule has 2 aromatic heterocycles. The second-order valence-electron chi connectivity index (χ2n) is 8.86. The van der Waals surface area contributed by atoms with Crippen LogP contribution in [0.3, 0.4) is 0 Å². The van der Waals surface area contributed by atoms with Gasteiger partial charge in [0.1, 0.15) is 18.1 Å². The molecule has 1 aromatic carbocycles. The second kappa shape index (κ2) is 8.55. The van der Waals surface area contributed by atoms with E-state index in [4.69, 9.17) is 15.2 Å². The third kappa shape index (κ3) is 5.16. The van der Waals surface area contributed by atoms with Crippen molar-refractivity contribution in [3.63, 3.8) is 0 Å². The fourth-order valence-corrected chi connectivity index (χ4v) is 3.85. The summed E-state index contributed by atoms with van der Waals surface area (Å²) < 4.78 is 28.1. The van der Waals surface area contributed by atoms with E-state index in [2.05, 4.69) is 44.7 Å². The molecule has 0 atom stereocenters. The number of hydrogen-bond acceptors (Lipinski definition) is 4. The Morgan fingerprint density at radius 1 is 1.17 bits per heavy atom. The Labute approximate surface area is 172 Å². The largest absolute Gasteiger partial charge is 0.453 e. The van der Waals surface area contributed by atoms with Crippen molar-refractivity contribution in [2.75, 3.05) is 12.3 Å². The van der Waals surface area contributed by atoms with Crippen LogP contribution in [-0.4, -0.2) is 24.2 Å². The number of nitrogens with two attached hydrogens (primary N) is 1. The highest BCUT2D eigenvalue weighted by atomic mass is 28.3. The van der Waals surface area contributed by atoms with Gasteiger partial charge in [-0.05, 0) is 35.7 Å². The molecule has 0 radical (unpaired) electrons. The van der Waals surface area contributed by atoms with Gasteiger partial charge in [-0.3, -0.25) is 0 Å². The minimum absolute atomic E-state index is 0.139. The molecule has 0 unspecified atom stereocenters. The Morgan fingerprint density at radius 2 is 1.93 bits per heavy atom. The van der Waals surface area contributed by atoms with E-state index in [0.29, 0.717) is 18.2 Å². The Bertz CT molecular complexity index is 996. The first-order valence-electron chi connectivity index (χ1n) is 9.94. The summed E-state index contributed by atoms with van der Waals surface area (Å²) in [7, 11) is -1.14. The topological polar surface area (TPSA) is 62.3 Å². The molecule has 0 saturated carbocycles. The van der Waals surface area contributed by atoms with Gasteiger partial charge in [0, 0.05) is 38.8 Å². The predicted octanol–water partition coefficient (Wildman–Crippen LogP) is 5.99. The van der Waals surface area contributed by atoms with Gasteiger partial charge in [-0.2, -0.15) is 0 Å². The van der Waals surface area contributed by atoms with Gasteiger partial charge in [-0.1, -0.05) is 33.5 Å². The van der Waals surface area contributed by atoms with Gasteiger partial charge in [0.25, 0.3) is 0 Å². The van der Waals surface area contributed by atoms with Crippen molar-refractivity contribution in [1.82, 2.24) is 9.55 Å². The number of nitrogen functional groups attached to an aromatic ring is 1. The van der Waals surface area contributed by atoms with Crippen LogP contribution < -0.4 is 10.5 Å². The zero-order chi connectivity index (χ0) is 21.2. The van der Waals surface area contributed by atoms with Gasteiger partial charge in [0.2, 0.25) is 0 Å². The van der Waals surface area contributed by atoms with Crippen molar-refractivity contribution >= 4 is 24.8 Å². The number of rotatable bonds is 8. The van der Waals surface area contributed by atoms with Crippen LogP contribution in [0.15, 0.2) is 36.7 Å². The first-order valence-corrected chi connectivity index (χ1v) is 13.6. The van der Waals surface area contributed by atoms with Gasteiger partial charge in [-0.25, -0.2) is 9.37 Å². The highest BCUT2D eigenvalue weighted by molar-refractivity contribution is 6.76. The molecule has 3 aromatic rings. The predicted molar refractivity (Wildman–Crippen MR) is 119 cm³/mol. The summed E-state index contributed by atoms with van der Waals surface area (Å²) >= 11 is 0. The van der Waals surface area contributed by atoms with E-state index in [1.54, 1.807) is 24.4 Å². The lowest BCUT2D eigenvalue weighted by atomic mass is 10.0. The van der Waals surface area contributed by atoms with Crippen LogP contribution in [0.4, 0.5) is 10.1 Å². The van der Waals surface area contributed by atoms with Crippen LogP contribution in [0.1, 0.15) is 25.3 Å². The van der Waals surface area contributed by atoms with Gasteiger partial charge >= 0.3 is 0 Å². The summed E-state index contributed by atoms with van der Waals surface area (Å²) in [5.74, 6) is 0.475. The van der Waals surface area contributed by atoms with Gasteiger partial charge in [0.15, 0.2) is 11.6 Å². The molecule has 7 heteroatoms. The van der Waals surface area contributed by atoms with Crippen LogP contribution in [0, 0.1) is 5.82 Å². The number of nitrogens with zero attached hydrogens (tertiary/aromatic N) is 2. The number of aromatic nitrogens is 2. The monoisotopic (exact) mass is 415 g/mol. The molecular formula is C22H30FN3O2Si. The SMILES string of the molecule is CC(C)c1cn(COCC[Si](C)(C)C)c2nccc(Oc3ccc(N)cc3F)c12. The number of hydrogen-bond donors (Lipinski definition) is 1. The lowest BCUT2D eigenvalue weighted by Gasteiger charge is -2.15. The Hall–Kier alpha value is -2.38. The molecule has 5 nitrogen and oxygen atoms in total. The van der Waals surface area contributed by atoms with Crippen LogP contribution in [0.5, 0.6) is 11.5 Å². The van der Waals surface area contributed by atoms with E-state index in [9.17, 15) is 4.39 Å². The van der Waals surface area contributed by atoms with Crippen LogP contribution in [0.2, 0.25) is 25.7 Å². The van der Waals surface area contributed by atoms with Gasteiger partial charge in [0.05, 0.1) is 5.39 Å². The summed E-state index contributed by atoms with van der Waals surface area (Å²) in [6.07, 6.45) is 3.73. The van der Waals surface area contributed by atoms with Crippen molar-refractivity contribution in [3.8, 4) is 11.5 Å². The lowest BCUT2D eigenvalue weighted by molar-refractivity contribution is 0.0898. The third-order valence-electron chi connectivity index (χ3n) is 4.77. The molecule has 0 aliphatic carbocycles. The van der Waals surface area contributed by atoms with Crippen molar-refractivity contribution in [3.05, 3.63) is 48.0 Å². The molecular weight excluding hydrogens is 385 g/mol. The Kier molecular flexibility index (Phi) is 6.29. The number of pyridine rings is 1. The number of ether oxygens (including phenoxy) is 2. The number of fused-ring (bicyclic) bond motifs is 1. The molecule has 0 saturated heterocycles. The molecule has 3 rings (SSSR count). The Morgan fingerprint density at radius 3 is 2.59 bits per heavy atom. The number of anilines is 1. The average Bonchev–Trinajstić information content (AvgIpc) is 3.00. The summed E-state index contributed by atoms with van der Waals surface area (Å²) in [5, 5.41) is 0.882. The van der Waals surface area contributed by atoms with Crippen LogP contribution in [0.25, 0.3) is 11.0 Å². The zero-order valence-electron chi connectivity index (χ0n) is 17.8. The molecule has 0 bridgehead atoms.